The van der Waals surface area contributed by atoms with E-state index in [0.717, 1.165) is 0 Å². The summed E-state index contributed by atoms with van der Waals surface area (Å²) < 4.78 is 2.34. The van der Waals surface area contributed by atoms with Crippen LogP contribution in [0.2, 0.25) is 0 Å². The first-order chi connectivity index (χ1) is 23.7. The van der Waals surface area contributed by atoms with Gasteiger partial charge in [0, 0.05) is 6.92 Å². The largest absolute Gasteiger partial charge is 0.547 e. The third-order valence-corrected chi connectivity index (χ3v) is 11.0. The van der Waals surface area contributed by atoms with Gasteiger partial charge in [0.05, 0.1) is 53.2 Å². The summed E-state index contributed by atoms with van der Waals surface area (Å²) in [6.07, 6.45) is 36.4. The maximum atomic E-state index is 9.63. The van der Waals surface area contributed by atoms with Gasteiger partial charge in [-0.15, -0.1) is 0 Å². The number of hydrogen-bond acceptors (Lipinski definition) is 6. The molecule has 8 heteroatoms. The highest BCUT2D eigenvalue weighted by molar-refractivity contribution is 5.80. The maximum Gasteiger partial charge on any atom is 0.213 e. The van der Waals surface area contributed by atoms with E-state index in [2.05, 4.69) is 49.0 Å². The number of aliphatic hydroxyl groups is 2. The molecule has 300 valence electrons. The maximum absolute atomic E-state index is 9.63. The zero-order chi connectivity index (χ0) is 38.1. The molecule has 0 amide bonds. The average molecular weight is 715 g/mol. The van der Waals surface area contributed by atoms with Gasteiger partial charge in [-0.25, -0.2) is 0 Å². The van der Waals surface area contributed by atoms with Crippen molar-refractivity contribution in [1.29, 1.82) is 0 Å². The normalized spacial score (nSPS) is 13.2. The van der Waals surface area contributed by atoms with E-state index in [1.807, 2.05) is 0 Å². The number of carbonyl (C=O) groups is 2. The van der Waals surface area contributed by atoms with E-state index in [1.165, 1.54) is 202 Å². The highest BCUT2D eigenvalue weighted by Crippen LogP contribution is 2.21. The van der Waals surface area contributed by atoms with Crippen LogP contribution in [0.5, 0.6) is 0 Å². The van der Waals surface area contributed by atoms with E-state index >= 15 is 0 Å². The van der Waals surface area contributed by atoms with Crippen molar-refractivity contribution in [3.63, 3.8) is 0 Å². The summed E-state index contributed by atoms with van der Waals surface area (Å²) in [5.74, 6) is -4.12. The Labute approximate surface area is 310 Å². The Morgan fingerprint density at radius 2 is 0.600 bits per heavy atom. The van der Waals surface area contributed by atoms with Crippen LogP contribution in [0.25, 0.3) is 0 Å². The lowest BCUT2D eigenvalue weighted by Crippen LogP contribution is -2.63. The molecule has 0 saturated carbocycles. The predicted octanol–water partition coefficient (Wildman–Crippen LogP) is 7.66. The van der Waals surface area contributed by atoms with E-state index in [-0.39, 0.29) is 0 Å². The molecule has 0 aromatic carbocycles. The predicted molar refractivity (Wildman–Crippen MR) is 206 cm³/mol. The highest BCUT2D eigenvalue weighted by Gasteiger charge is 2.36. The molecule has 50 heavy (non-hydrogen) atoms. The number of carboxylic acid groups (broad SMARTS) is 2. The molecule has 0 aliphatic heterocycles. The lowest BCUT2D eigenvalue weighted by atomic mass is 10.0. The van der Waals surface area contributed by atoms with Gasteiger partial charge in [0.1, 0.15) is 12.2 Å². The second-order valence-electron chi connectivity index (χ2n) is 16.4. The smallest absolute Gasteiger partial charge is 0.213 e. The summed E-state index contributed by atoms with van der Waals surface area (Å²) >= 11 is 0. The molecular formula is C42H86N2O6. The number of rotatable bonds is 35. The minimum Gasteiger partial charge on any atom is -0.547 e. The summed E-state index contributed by atoms with van der Waals surface area (Å²) in [6.45, 7) is 9.79. The Bertz CT molecular complexity index is 713. The fourth-order valence-corrected chi connectivity index (χ4v) is 6.91. The molecule has 0 aromatic heterocycles. The first-order valence-corrected chi connectivity index (χ1v) is 21.2. The third kappa shape index (κ3) is 30.4. The zero-order valence-corrected chi connectivity index (χ0v) is 34.4. The number of aliphatic carboxylic acids is 2. The molecule has 2 N–H and O–H groups in total. The molecular weight excluding hydrogens is 628 g/mol. The first-order valence-electron chi connectivity index (χ1n) is 21.2. The van der Waals surface area contributed by atoms with Crippen molar-refractivity contribution in [2.45, 2.75) is 219 Å². The summed E-state index contributed by atoms with van der Waals surface area (Å²) in [6, 6.07) is 0. The number of carboxylic acids is 2. The molecule has 0 rings (SSSR count). The molecule has 0 aliphatic rings. The number of aliphatic hydroxyl groups excluding tert-OH is 2. The van der Waals surface area contributed by atoms with Gasteiger partial charge in [-0.1, -0.05) is 168 Å². The Morgan fingerprint density at radius 1 is 0.420 bits per heavy atom. The minimum absolute atomic E-state index is 0.670. The van der Waals surface area contributed by atoms with Gasteiger partial charge >= 0.3 is 0 Å². The molecule has 2 atom stereocenters. The van der Waals surface area contributed by atoms with Crippen LogP contribution in [0.15, 0.2) is 0 Å². The van der Waals surface area contributed by atoms with Crippen LogP contribution in [0.3, 0.4) is 0 Å². The van der Waals surface area contributed by atoms with E-state index in [4.69, 9.17) is 10.2 Å². The van der Waals surface area contributed by atoms with Crippen LogP contribution in [0.1, 0.15) is 201 Å². The molecule has 0 aromatic rings. The number of hydrogen-bond donors (Lipinski definition) is 2. The van der Waals surface area contributed by atoms with E-state index < -0.39 is 24.1 Å². The molecule has 0 aliphatic carbocycles. The summed E-state index contributed by atoms with van der Waals surface area (Å²) in [5, 5.41) is 35.7. The highest BCUT2D eigenvalue weighted by atomic mass is 16.4. The number of unbranched alkanes of at least 4 members (excludes halogenated alkanes) is 26. The lowest BCUT2D eigenvalue weighted by molar-refractivity contribution is -1.10. The molecule has 0 saturated heterocycles. The minimum atomic E-state index is -2.44. The van der Waals surface area contributed by atoms with Crippen molar-refractivity contribution in [2.24, 2.45) is 0 Å². The van der Waals surface area contributed by atoms with Crippen molar-refractivity contribution in [1.82, 2.24) is 0 Å². The van der Waals surface area contributed by atoms with Crippen molar-refractivity contribution < 1.29 is 39.0 Å². The van der Waals surface area contributed by atoms with Gasteiger partial charge in [-0.05, 0) is 25.7 Å². The van der Waals surface area contributed by atoms with Gasteiger partial charge in [0.15, 0.2) is 0 Å². The quantitative estimate of drug-likeness (QED) is 0.0395. The van der Waals surface area contributed by atoms with Crippen molar-refractivity contribution >= 4 is 11.9 Å². The van der Waals surface area contributed by atoms with Gasteiger partial charge in [-0.2, -0.15) is 0 Å². The Balaban J connectivity index is 0. The fourth-order valence-electron chi connectivity index (χ4n) is 6.91. The van der Waals surface area contributed by atoms with E-state index in [9.17, 15) is 19.8 Å². The van der Waals surface area contributed by atoms with Gasteiger partial charge in [0.25, 0.3) is 0 Å². The van der Waals surface area contributed by atoms with Crippen molar-refractivity contribution in [3.8, 4) is 0 Å². The second kappa shape index (κ2) is 33.6. The van der Waals surface area contributed by atoms with Crippen LogP contribution in [-0.2, 0) is 9.59 Å². The monoisotopic (exact) mass is 715 g/mol. The summed E-state index contributed by atoms with van der Waals surface area (Å²) in [4.78, 5) is 19.3. The Kier molecular flexibility index (Phi) is 34.2. The van der Waals surface area contributed by atoms with E-state index in [0.29, 0.717) is 6.17 Å². The second-order valence-corrected chi connectivity index (χ2v) is 16.4. The molecule has 2 unspecified atom stereocenters. The van der Waals surface area contributed by atoms with Crippen LogP contribution in [0, 0.1) is 0 Å². The van der Waals surface area contributed by atoms with Crippen LogP contribution in [-0.4, -0.2) is 90.8 Å². The topological polar surface area (TPSA) is 121 Å². The first kappa shape index (κ1) is 50.9. The Hall–Kier alpha value is -1.22. The number of quaternary nitrogens is 2. The van der Waals surface area contributed by atoms with E-state index in [1.54, 1.807) is 0 Å². The van der Waals surface area contributed by atoms with Crippen LogP contribution >= 0.6 is 0 Å². The molecule has 8 nitrogen and oxygen atoms in total. The van der Waals surface area contributed by atoms with Gasteiger partial charge in [-0.3, -0.25) is 8.97 Å². The number of nitrogens with zero attached hydrogens (tertiary/aromatic N) is 2. The molecule has 0 heterocycles. The number of carbonyl (C=O) groups excluding carboxylic acids is 2. The van der Waals surface area contributed by atoms with Crippen LogP contribution in [0.4, 0.5) is 0 Å². The SMILES string of the molecule is CCCCCCCCCCCCCCCC[N+](C)(C)C(C)[N+](C)(C)CCCCCCCCCCCCCCCC.O=C([O-])C(O)C(O)C(=O)[O-]. The van der Waals surface area contributed by atoms with Crippen molar-refractivity contribution in [3.05, 3.63) is 0 Å². The standard InChI is InChI=1S/C38H82N2.C4H6O6/c1-8-10-12-14-16-18-20-22-24-26-28-30-32-34-36-39(4,5)38(3)40(6,7)37-35-33-31-29-27-25-23-21-19-17-15-13-11-9-2;5-1(3(7)8)2(6)4(9)10/h38H,8-37H2,1-7H3;1-2,5-6H,(H,7,8)(H,9,10)/q+2;/p-2. The van der Waals surface area contributed by atoms with Crippen molar-refractivity contribution in [2.75, 3.05) is 41.3 Å². The average Bonchev–Trinajstić information content (AvgIpc) is 3.07. The zero-order valence-electron chi connectivity index (χ0n) is 34.4. The van der Waals surface area contributed by atoms with Crippen LogP contribution < -0.4 is 10.2 Å². The van der Waals surface area contributed by atoms with Gasteiger partial charge < -0.3 is 30.0 Å². The summed E-state index contributed by atoms with van der Waals surface area (Å²) in [5.41, 5.74) is 0. The molecule has 0 fully saturated rings. The van der Waals surface area contributed by atoms with Gasteiger partial charge in [0.2, 0.25) is 6.17 Å². The fraction of sp³-hybridized carbons (Fsp3) is 0.952. The molecule has 0 radical (unpaired) electrons. The third-order valence-electron chi connectivity index (χ3n) is 11.0. The summed E-state index contributed by atoms with van der Waals surface area (Å²) in [7, 11) is 9.94. The molecule has 0 spiro atoms. The molecule has 0 bridgehead atoms. The lowest BCUT2D eigenvalue weighted by Gasteiger charge is -2.45. The Morgan fingerprint density at radius 3 is 0.780 bits per heavy atom.